The molecule has 3 fully saturated rings. The summed E-state index contributed by atoms with van der Waals surface area (Å²) in [5.74, 6) is -0.125. The number of likely N-dealkylation sites (tertiary alicyclic amines) is 1. The van der Waals surface area contributed by atoms with Crippen molar-refractivity contribution in [3.63, 3.8) is 0 Å². The zero-order chi connectivity index (χ0) is 18.2. The number of carbonyl (C=O) groups excluding carboxylic acids is 1. The summed E-state index contributed by atoms with van der Waals surface area (Å²) in [6.45, 7) is 3.05. The van der Waals surface area contributed by atoms with Crippen LogP contribution in [0, 0.1) is 0 Å². The molecule has 0 aliphatic carbocycles. The Bertz CT molecular complexity index is 775. The van der Waals surface area contributed by atoms with Gasteiger partial charge in [0.1, 0.15) is 0 Å². The van der Waals surface area contributed by atoms with Gasteiger partial charge in [0.15, 0.2) is 0 Å². The number of carbonyl (C=O) groups is 1. The van der Waals surface area contributed by atoms with Gasteiger partial charge in [0, 0.05) is 31.3 Å². The highest BCUT2D eigenvalue weighted by molar-refractivity contribution is 7.89. The van der Waals surface area contributed by atoms with Gasteiger partial charge in [0.05, 0.1) is 23.7 Å². The van der Waals surface area contributed by atoms with E-state index in [0.717, 1.165) is 25.9 Å². The van der Waals surface area contributed by atoms with Gasteiger partial charge in [-0.2, -0.15) is 0 Å². The van der Waals surface area contributed by atoms with Crippen molar-refractivity contribution in [2.24, 2.45) is 0 Å². The highest BCUT2D eigenvalue weighted by atomic mass is 32.2. The maximum absolute atomic E-state index is 12.8. The number of sulfonamides is 1. The number of piperidine rings is 1. The highest BCUT2D eigenvalue weighted by Gasteiger charge is 2.42. The molecule has 0 bridgehead atoms. The molecule has 1 aromatic carbocycles. The van der Waals surface area contributed by atoms with Gasteiger partial charge in [-0.1, -0.05) is 6.07 Å². The number of hydrogen-bond donors (Lipinski definition) is 1. The van der Waals surface area contributed by atoms with Gasteiger partial charge >= 0.3 is 0 Å². The van der Waals surface area contributed by atoms with Crippen LogP contribution in [-0.4, -0.2) is 63.8 Å². The Balaban J connectivity index is 1.45. The number of nitrogens with one attached hydrogen (secondary N) is 1. The molecule has 1 atom stereocenters. The summed E-state index contributed by atoms with van der Waals surface area (Å²) in [7, 11) is -3.66. The number of nitrogens with zero attached hydrogens (tertiary/aromatic N) is 1. The summed E-state index contributed by atoms with van der Waals surface area (Å²) < 4.78 is 38.7. The van der Waals surface area contributed by atoms with E-state index >= 15 is 0 Å². The first kappa shape index (κ1) is 17.9. The molecule has 0 unspecified atom stereocenters. The lowest BCUT2D eigenvalue weighted by Crippen LogP contribution is -2.53. The Morgan fingerprint density at radius 2 is 1.96 bits per heavy atom. The minimum Gasteiger partial charge on any atom is -0.380 e. The summed E-state index contributed by atoms with van der Waals surface area (Å²) in [4.78, 5) is 14.7. The lowest BCUT2D eigenvalue weighted by Gasteiger charge is -2.47. The second-order valence-corrected chi connectivity index (χ2v) is 9.00. The first-order valence-electron chi connectivity index (χ1n) is 9.11. The van der Waals surface area contributed by atoms with E-state index < -0.39 is 10.0 Å². The Hall–Kier alpha value is -1.48. The smallest absolute Gasteiger partial charge is 0.253 e. The summed E-state index contributed by atoms with van der Waals surface area (Å²) in [6.07, 6.45) is 3.43. The average molecular weight is 380 g/mol. The largest absolute Gasteiger partial charge is 0.380 e. The fourth-order valence-corrected chi connectivity index (χ4v) is 5.10. The number of amides is 1. The van der Waals surface area contributed by atoms with Crippen molar-refractivity contribution in [3.8, 4) is 0 Å². The molecular formula is C18H24N2O5S. The first-order chi connectivity index (χ1) is 12.5. The van der Waals surface area contributed by atoms with Crippen molar-refractivity contribution in [1.82, 2.24) is 9.62 Å². The summed E-state index contributed by atoms with van der Waals surface area (Å²) in [5.41, 5.74) is 0.385. The highest BCUT2D eigenvalue weighted by Crippen LogP contribution is 2.37. The second kappa shape index (κ2) is 6.92. The van der Waals surface area contributed by atoms with Gasteiger partial charge in [-0.25, -0.2) is 13.1 Å². The van der Waals surface area contributed by atoms with Gasteiger partial charge in [0.2, 0.25) is 10.0 Å². The molecule has 142 valence electrons. The number of rotatable bonds is 4. The molecule has 26 heavy (non-hydrogen) atoms. The molecule has 1 aromatic rings. The molecule has 0 aromatic heterocycles. The number of hydrogen-bond acceptors (Lipinski definition) is 5. The van der Waals surface area contributed by atoms with Crippen LogP contribution in [0.1, 0.15) is 36.0 Å². The molecule has 8 heteroatoms. The third kappa shape index (κ3) is 3.51. The van der Waals surface area contributed by atoms with E-state index in [9.17, 15) is 13.2 Å². The van der Waals surface area contributed by atoms with Crippen LogP contribution in [0.2, 0.25) is 0 Å². The molecule has 1 amide bonds. The fourth-order valence-electron chi connectivity index (χ4n) is 3.80. The van der Waals surface area contributed by atoms with E-state index in [1.54, 1.807) is 17.0 Å². The van der Waals surface area contributed by atoms with Crippen LogP contribution in [-0.2, 0) is 19.5 Å². The van der Waals surface area contributed by atoms with E-state index in [1.807, 2.05) is 0 Å². The summed E-state index contributed by atoms with van der Waals surface area (Å²) >= 11 is 0. The lowest BCUT2D eigenvalue weighted by atomic mass is 9.84. The maximum Gasteiger partial charge on any atom is 0.253 e. The monoisotopic (exact) mass is 380 g/mol. The summed E-state index contributed by atoms with van der Waals surface area (Å²) in [5, 5.41) is 0. The van der Waals surface area contributed by atoms with E-state index in [2.05, 4.69) is 4.72 Å². The average Bonchev–Trinajstić information content (AvgIpc) is 3.12. The van der Waals surface area contributed by atoms with E-state index in [1.165, 1.54) is 12.1 Å². The molecule has 1 spiro atoms. The SMILES string of the molecule is O=C(c1cccc(S(=O)(=O)N[C@@H]2CCOC2)c1)N1CCC2(CCO2)CC1. The fraction of sp³-hybridized carbons (Fsp3) is 0.611. The molecule has 7 nitrogen and oxygen atoms in total. The van der Waals surface area contributed by atoms with Gasteiger partial charge in [-0.05, 0) is 43.9 Å². The Morgan fingerprint density at radius 3 is 2.58 bits per heavy atom. The minimum atomic E-state index is -3.66. The number of ether oxygens (including phenoxy) is 2. The van der Waals surface area contributed by atoms with Crippen LogP contribution in [0.3, 0.4) is 0 Å². The van der Waals surface area contributed by atoms with Crippen molar-refractivity contribution in [2.75, 3.05) is 32.9 Å². The third-order valence-electron chi connectivity index (χ3n) is 5.57. The molecule has 3 saturated heterocycles. The Labute approximate surface area is 153 Å². The van der Waals surface area contributed by atoms with Crippen LogP contribution >= 0.6 is 0 Å². The van der Waals surface area contributed by atoms with Crippen molar-refractivity contribution in [3.05, 3.63) is 29.8 Å². The second-order valence-electron chi connectivity index (χ2n) is 7.28. The van der Waals surface area contributed by atoms with E-state index in [-0.39, 0.29) is 22.4 Å². The molecule has 3 aliphatic heterocycles. The predicted octanol–water partition coefficient (Wildman–Crippen LogP) is 1.15. The number of benzene rings is 1. The van der Waals surface area contributed by atoms with Gasteiger partial charge in [-0.3, -0.25) is 4.79 Å². The molecule has 0 radical (unpaired) electrons. The normalized spacial score (nSPS) is 25.2. The maximum atomic E-state index is 12.8. The zero-order valence-electron chi connectivity index (χ0n) is 14.6. The molecule has 1 N–H and O–H groups in total. The van der Waals surface area contributed by atoms with Crippen molar-refractivity contribution < 1.29 is 22.7 Å². The molecule has 4 rings (SSSR count). The summed E-state index contributed by atoms with van der Waals surface area (Å²) in [6, 6.07) is 6.06. The van der Waals surface area contributed by atoms with Crippen LogP contribution in [0.15, 0.2) is 29.2 Å². The molecule has 3 aliphatic rings. The van der Waals surface area contributed by atoms with Crippen LogP contribution in [0.25, 0.3) is 0 Å². The standard InChI is InChI=1S/C18H24N2O5S/c21-17(20-8-5-18(6-9-20)7-11-25-18)14-2-1-3-16(12-14)26(22,23)19-15-4-10-24-13-15/h1-3,12,15,19H,4-11,13H2/t15-/m1/s1. The van der Waals surface area contributed by atoms with E-state index in [4.69, 9.17) is 9.47 Å². The van der Waals surface area contributed by atoms with Crippen molar-refractivity contribution in [1.29, 1.82) is 0 Å². The lowest BCUT2D eigenvalue weighted by molar-refractivity contribution is -0.169. The molecular weight excluding hydrogens is 356 g/mol. The predicted molar refractivity (Wildman–Crippen MR) is 94.4 cm³/mol. The van der Waals surface area contributed by atoms with Crippen LogP contribution in [0.5, 0.6) is 0 Å². The van der Waals surface area contributed by atoms with E-state index in [0.29, 0.717) is 38.3 Å². The van der Waals surface area contributed by atoms with Gasteiger partial charge < -0.3 is 14.4 Å². The third-order valence-corrected chi connectivity index (χ3v) is 7.09. The topological polar surface area (TPSA) is 84.9 Å². The van der Waals surface area contributed by atoms with Gasteiger partial charge in [-0.15, -0.1) is 0 Å². The van der Waals surface area contributed by atoms with Crippen molar-refractivity contribution >= 4 is 15.9 Å². The van der Waals surface area contributed by atoms with Crippen LogP contribution < -0.4 is 4.72 Å². The van der Waals surface area contributed by atoms with Crippen LogP contribution in [0.4, 0.5) is 0 Å². The zero-order valence-corrected chi connectivity index (χ0v) is 15.5. The van der Waals surface area contributed by atoms with Crippen molar-refractivity contribution in [2.45, 2.75) is 42.2 Å². The Kier molecular flexibility index (Phi) is 4.77. The Morgan fingerprint density at radius 1 is 1.19 bits per heavy atom. The molecule has 3 heterocycles. The minimum absolute atomic E-state index is 0.0186. The molecule has 0 saturated carbocycles. The first-order valence-corrected chi connectivity index (χ1v) is 10.6. The van der Waals surface area contributed by atoms with Gasteiger partial charge in [0.25, 0.3) is 5.91 Å². The quantitative estimate of drug-likeness (QED) is 0.847.